The maximum absolute atomic E-state index is 12.8. The van der Waals surface area contributed by atoms with Gasteiger partial charge < -0.3 is 10.0 Å². The second kappa shape index (κ2) is 5.10. The van der Waals surface area contributed by atoms with Crippen molar-refractivity contribution in [2.45, 2.75) is 19.9 Å². The summed E-state index contributed by atoms with van der Waals surface area (Å²) < 4.78 is 0. The minimum Gasteiger partial charge on any atom is -0.508 e. The molecule has 0 spiro atoms. The molecule has 1 fully saturated rings. The number of carbonyl (C=O) groups is 1. The number of nitrogens with zero attached hydrogens (tertiary/aromatic N) is 1. The summed E-state index contributed by atoms with van der Waals surface area (Å²) in [4.78, 5) is 14.6. The normalized spacial score (nSPS) is 19.3. The fourth-order valence-corrected chi connectivity index (χ4v) is 3.72. The smallest absolute Gasteiger partial charge is 0.235 e. The summed E-state index contributed by atoms with van der Waals surface area (Å²) in [5.41, 5.74) is 1.12. The third-order valence-electron chi connectivity index (χ3n) is 4.97. The molecule has 0 bridgehead atoms. The zero-order valence-electron chi connectivity index (χ0n) is 13.7. The van der Waals surface area contributed by atoms with Crippen LogP contribution >= 0.6 is 0 Å². The van der Waals surface area contributed by atoms with Crippen LogP contribution in [-0.2, 0) is 4.79 Å². The number of para-hydroxylation sites is 1. The van der Waals surface area contributed by atoms with E-state index in [9.17, 15) is 9.90 Å². The minimum atomic E-state index is -0.558. The molecule has 4 rings (SSSR count). The second-order valence-electron chi connectivity index (χ2n) is 6.85. The van der Waals surface area contributed by atoms with Crippen LogP contribution in [0.15, 0.2) is 66.7 Å². The first kappa shape index (κ1) is 14.8. The Labute approximate surface area is 141 Å². The van der Waals surface area contributed by atoms with Gasteiger partial charge in [0.25, 0.3) is 0 Å². The molecule has 1 saturated heterocycles. The van der Waals surface area contributed by atoms with Crippen molar-refractivity contribution in [3.8, 4) is 5.75 Å². The number of anilines is 1. The number of rotatable bonds is 2. The van der Waals surface area contributed by atoms with Crippen molar-refractivity contribution < 1.29 is 9.90 Å². The van der Waals surface area contributed by atoms with E-state index < -0.39 is 5.41 Å². The number of fused-ring (bicyclic) bond motifs is 1. The molecule has 120 valence electrons. The van der Waals surface area contributed by atoms with Crippen LogP contribution in [0.25, 0.3) is 10.8 Å². The molecule has 1 atom stereocenters. The van der Waals surface area contributed by atoms with Gasteiger partial charge in [-0.15, -0.1) is 0 Å². The molecule has 1 aliphatic rings. The molecule has 3 heteroatoms. The number of β-lactam (4-membered cyclic amide) rings is 1. The summed E-state index contributed by atoms with van der Waals surface area (Å²) in [6, 6.07) is 21.1. The number of phenols is 1. The molecule has 0 radical (unpaired) electrons. The highest BCUT2D eigenvalue weighted by molar-refractivity contribution is 6.07. The molecule has 0 unspecified atom stereocenters. The minimum absolute atomic E-state index is 0.0750. The van der Waals surface area contributed by atoms with Gasteiger partial charge in [-0.3, -0.25) is 4.79 Å². The van der Waals surface area contributed by atoms with E-state index in [2.05, 4.69) is 0 Å². The van der Waals surface area contributed by atoms with Crippen LogP contribution in [0.5, 0.6) is 5.75 Å². The second-order valence-corrected chi connectivity index (χ2v) is 6.85. The standard InChI is InChI=1S/C21H19NO2/c1-21(2)19(22(20(21)24)15-9-4-3-5-10-15)18-16-11-7-6-8-14(16)12-13-17(18)23/h3-13,19,23H,1-2H3/t19-/m0/s1. The molecule has 0 aromatic heterocycles. The SMILES string of the molecule is CC1(C)C(=O)N(c2ccccc2)[C@H]1c1c(O)ccc2ccccc12. The summed E-state index contributed by atoms with van der Waals surface area (Å²) in [5, 5.41) is 12.6. The first-order valence-corrected chi connectivity index (χ1v) is 8.11. The molecule has 3 aromatic rings. The summed E-state index contributed by atoms with van der Waals surface area (Å²) in [7, 11) is 0. The number of carbonyl (C=O) groups excluding carboxylic acids is 1. The molecule has 0 saturated carbocycles. The van der Waals surface area contributed by atoms with Crippen molar-refractivity contribution in [1.29, 1.82) is 0 Å². The van der Waals surface area contributed by atoms with E-state index in [0.717, 1.165) is 22.0 Å². The van der Waals surface area contributed by atoms with E-state index in [1.54, 1.807) is 11.0 Å². The Morgan fingerprint density at radius 1 is 0.917 bits per heavy atom. The Kier molecular flexibility index (Phi) is 3.14. The van der Waals surface area contributed by atoms with Gasteiger partial charge in [-0.2, -0.15) is 0 Å². The van der Waals surface area contributed by atoms with Gasteiger partial charge >= 0.3 is 0 Å². The summed E-state index contributed by atoms with van der Waals surface area (Å²) >= 11 is 0. The van der Waals surface area contributed by atoms with Gasteiger partial charge in [0, 0.05) is 11.3 Å². The topological polar surface area (TPSA) is 40.5 Å². The first-order chi connectivity index (χ1) is 11.5. The average Bonchev–Trinajstić information content (AvgIpc) is 2.61. The molecule has 1 amide bonds. The molecule has 24 heavy (non-hydrogen) atoms. The van der Waals surface area contributed by atoms with Crippen LogP contribution in [0.4, 0.5) is 5.69 Å². The lowest BCUT2D eigenvalue weighted by atomic mass is 9.69. The highest BCUT2D eigenvalue weighted by atomic mass is 16.3. The molecule has 0 aliphatic carbocycles. The maximum atomic E-state index is 12.8. The van der Waals surface area contributed by atoms with Crippen molar-refractivity contribution in [2.75, 3.05) is 4.90 Å². The Balaban J connectivity index is 1.94. The summed E-state index contributed by atoms with van der Waals surface area (Å²) in [5.74, 6) is 0.311. The van der Waals surface area contributed by atoms with E-state index in [-0.39, 0.29) is 17.7 Å². The number of aromatic hydroxyl groups is 1. The van der Waals surface area contributed by atoms with Crippen molar-refractivity contribution >= 4 is 22.4 Å². The number of hydrogen-bond acceptors (Lipinski definition) is 2. The molecule has 1 N–H and O–H groups in total. The van der Waals surface area contributed by atoms with Crippen molar-refractivity contribution in [1.82, 2.24) is 0 Å². The van der Waals surface area contributed by atoms with Crippen LogP contribution < -0.4 is 4.90 Å². The fraction of sp³-hybridized carbons (Fsp3) is 0.190. The average molecular weight is 317 g/mol. The van der Waals surface area contributed by atoms with Crippen molar-refractivity contribution in [3.05, 3.63) is 72.3 Å². The van der Waals surface area contributed by atoms with Crippen LogP contribution in [0.3, 0.4) is 0 Å². The number of benzene rings is 3. The largest absolute Gasteiger partial charge is 0.508 e. The van der Waals surface area contributed by atoms with Crippen LogP contribution in [0, 0.1) is 5.41 Å². The van der Waals surface area contributed by atoms with Crippen LogP contribution in [0.1, 0.15) is 25.5 Å². The Bertz CT molecular complexity index is 931. The first-order valence-electron chi connectivity index (χ1n) is 8.11. The van der Waals surface area contributed by atoms with E-state index >= 15 is 0 Å². The molecule has 1 aliphatic heterocycles. The summed E-state index contributed by atoms with van der Waals surface area (Å²) in [6.45, 7) is 3.89. The Morgan fingerprint density at radius 2 is 1.58 bits per heavy atom. The van der Waals surface area contributed by atoms with Gasteiger partial charge in [-0.1, -0.05) is 48.5 Å². The van der Waals surface area contributed by atoms with Gasteiger partial charge in [-0.25, -0.2) is 0 Å². The van der Waals surface area contributed by atoms with Crippen molar-refractivity contribution in [3.63, 3.8) is 0 Å². The van der Waals surface area contributed by atoms with E-state index in [0.29, 0.717) is 0 Å². The summed E-state index contributed by atoms with van der Waals surface area (Å²) in [6.07, 6.45) is 0. The monoisotopic (exact) mass is 317 g/mol. The predicted molar refractivity (Wildman–Crippen MR) is 96.1 cm³/mol. The number of phenolic OH excluding ortho intramolecular Hbond substituents is 1. The lowest BCUT2D eigenvalue weighted by Crippen LogP contribution is -2.61. The molecule has 1 heterocycles. The van der Waals surface area contributed by atoms with E-state index in [4.69, 9.17) is 0 Å². The molecule has 3 nitrogen and oxygen atoms in total. The highest BCUT2D eigenvalue weighted by Crippen LogP contribution is 2.54. The Morgan fingerprint density at radius 3 is 2.33 bits per heavy atom. The molecular formula is C21H19NO2. The molecular weight excluding hydrogens is 298 g/mol. The van der Waals surface area contributed by atoms with Gasteiger partial charge in [-0.05, 0) is 42.8 Å². The van der Waals surface area contributed by atoms with E-state index in [1.807, 2.05) is 74.5 Å². The number of hydrogen-bond donors (Lipinski definition) is 1. The fourth-order valence-electron chi connectivity index (χ4n) is 3.72. The van der Waals surface area contributed by atoms with Crippen molar-refractivity contribution in [2.24, 2.45) is 5.41 Å². The third kappa shape index (κ3) is 1.94. The maximum Gasteiger partial charge on any atom is 0.235 e. The van der Waals surface area contributed by atoms with Crippen LogP contribution in [0.2, 0.25) is 0 Å². The lowest BCUT2D eigenvalue weighted by molar-refractivity contribution is -0.137. The van der Waals surface area contributed by atoms with Gasteiger partial charge in [0.1, 0.15) is 5.75 Å². The van der Waals surface area contributed by atoms with Crippen LogP contribution in [-0.4, -0.2) is 11.0 Å². The zero-order chi connectivity index (χ0) is 16.9. The van der Waals surface area contributed by atoms with Gasteiger partial charge in [0.05, 0.1) is 11.5 Å². The Hall–Kier alpha value is -2.81. The number of amides is 1. The molecule has 3 aromatic carbocycles. The third-order valence-corrected chi connectivity index (χ3v) is 4.97. The lowest BCUT2D eigenvalue weighted by Gasteiger charge is -2.53. The predicted octanol–water partition coefficient (Wildman–Crippen LogP) is 4.66. The highest BCUT2D eigenvalue weighted by Gasteiger charge is 2.56. The zero-order valence-corrected chi connectivity index (χ0v) is 13.7. The quantitative estimate of drug-likeness (QED) is 0.698. The van der Waals surface area contributed by atoms with Gasteiger partial charge in [0.2, 0.25) is 5.91 Å². The van der Waals surface area contributed by atoms with Gasteiger partial charge in [0.15, 0.2) is 0 Å². The van der Waals surface area contributed by atoms with E-state index in [1.165, 1.54) is 0 Å².